The third-order valence-corrected chi connectivity index (χ3v) is 7.63. The summed E-state index contributed by atoms with van der Waals surface area (Å²) in [5.74, 6) is -1.74. The van der Waals surface area contributed by atoms with Gasteiger partial charge in [-0.1, -0.05) is 71.9 Å². The fourth-order valence-corrected chi connectivity index (χ4v) is 4.74. The molecule has 0 bridgehead atoms. The first-order valence-corrected chi connectivity index (χ1v) is 18.6. The summed E-state index contributed by atoms with van der Waals surface area (Å²) in [4.78, 5) is 78.9. The summed E-state index contributed by atoms with van der Waals surface area (Å²) < 4.78 is 24.1. The topological polar surface area (TPSA) is 206 Å². The third kappa shape index (κ3) is 25.7. The zero-order valence-corrected chi connectivity index (χ0v) is 35.6. The molecule has 1 fully saturated rings. The Hall–Kier alpha value is -4.35. The first-order valence-electron chi connectivity index (χ1n) is 18.6. The lowest BCUT2D eigenvalue weighted by atomic mass is 9.85. The van der Waals surface area contributed by atoms with Crippen LogP contribution in [0.25, 0.3) is 0 Å². The van der Waals surface area contributed by atoms with E-state index in [0.717, 1.165) is 18.3 Å². The standard InChI is InChI=1S/C16H29N3O3.C11H16N2O.C8H13F2NO2.C2H5NO2.C2H6/c1-15(2,3)12(17-14(22)18-16(4,5)6)13(21)19-9-7-8-11(19)10-20;1-9(13-11(14)8-12-2)10-6-4-3-5-7-10;1-5(8(9)10)3-6(11-2)7(13)4-12;1-3(5)2-4;1-2/h10-12H,7-9H2,1-6H3,(H2,17,18,22);3-7,9,12H,8H2,1-2H3,(H,13,14);4-6,8,11H,3H2,1-2H3;2,5H,1H3;1-2H3. The van der Waals surface area contributed by atoms with Crippen LogP contribution in [-0.4, -0.2) is 122 Å². The quantitative estimate of drug-likeness (QED) is 0.0693. The first-order chi connectivity index (χ1) is 26.0. The van der Waals surface area contributed by atoms with E-state index >= 15 is 0 Å². The van der Waals surface area contributed by atoms with Crippen LogP contribution in [0, 0.1) is 11.3 Å². The maximum absolute atomic E-state index is 12.8. The number of alkyl halides is 2. The van der Waals surface area contributed by atoms with Crippen molar-refractivity contribution in [1.82, 2.24) is 36.5 Å². The van der Waals surface area contributed by atoms with Crippen LogP contribution in [0.4, 0.5) is 13.6 Å². The molecule has 0 spiro atoms. The van der Waals surface area contributed by atoms with Crippen molar-refractivity contribution in [3.63, 3.8) is 0 Å². The summed E-state index contributed by atoms with van der Waals surface area (Å²) in [5, 5.41) is 22.1. The molecule has 322 valence electrons. The molecule has 0 saturated carbocycles. The normalized spacial score (nSPS) is 15.4. The minimum absolute atomic E-state index is 0.0175. The largest absolute Gasteiger partial charge is 0.348 e. The van der Waals surface area contributed by atoms with E-state index in [1.165, 1.54) is 21.0 Å². The van der Waals surface area contributed by atoms with Crippen LogP contribution in [0.5, 0.6) is 0 Å². The second kappa shape index (κ2) is 29.9. The molecule has 1 aromatic carbocycles. The fourth-order valence-electron chi connectivity index (χ4n) is 4.74. The molecule has 0 aromatic heterocycles. The van der Waals surface area contributed by atoms with Gasteiger partial charge in [0.25, 0.3) is 0 Å². The molecule has 1 heterocycles. The lowest BCUT2D eigenvalue weighted by Crippen LogP contribution is -2.59. The summed E-state index contributed by atoms with van der Waals surface area (Å²) in [6, 6.07) is 7.77. The van der Waals surface area contributed by atoms with Gasteiger partial charge in [0.15, 0.2) is 6.29 Å². The van der Waals surface area contributed by atoms with E-state index in [1.54, 1.807) is 11.9 Å². The lowest BCUT2D eigenvalue weighted by Gasteiger charge is -2.35. The Morgan fingerprint density at radius 2 is 1.50 bits per heavy atom. The van der Waals surface area contributed by atoms with E-state index in [0.29, 0.717) is 31.0 Å². The average Bonchev–Trinajstić information content (AvgIpc) is 3.62. The van der Waals surface area contributed by atoms with Gasteiger partial charge in [-0.3, -0.25) is 29.2 Å². The van der Waals surface area contributed by atoms with Gasteiger partial charge >= 0.3 is 6.03 Å². The predicted octanol–water partition coefficient (Wildman–Crippen LogP) is 3.90. The molecule has 1 saturated heterocycles. The van der Waals surface area contributed by atoms with Crippen molar-refractivity contribution in [2.24, 2.45) is 11.3 Å². The monoisotopic (exact) mass is 802 g/mol. The Balaban J connectivity index is -0.000000719. The number of benzene rings is 1. The van der Waals surface area contributed by atoms with E-state index in [4.69, 9.17) is 5.21 Å². The van der Waals surface area contributed by atoms with Gasteiger partial charge in [0.05, 0.1) is 24.7 Å². The number of hydroxylamine groups is 2. The van der Waals surface area contributed by atoms with E-state index in [2.05, 4.69) is 26.6 Å². The van der Waals surface area contributed by atoms with Gasteiger partial charge in [-0.25, -0.2) is 18.6 Å². The predicted molar refractivity (Wildman–Crippen MR) is 213 cm³/mol. The first kappa shape index (κ1) is 56.0. The molecule has 1 aromatic rings. The van der Waals surface area contributed by atoms with Crippen molar-refractivity contribution in [2.75, 3.05) is 34.2 Å². The Kier molecular flexibility index (Phi) is 29.9. The Morgan fingerprint density at radius 1 is 0.964 bits per heavy atom. The van der Waals surface area contributed by atoms with Crippen LogP contribution in [0.1, 0.15) is 100 Å². The molecule has 0 radical (unpaired) electrons. The van der Waals surface area contributed by atoms with Crippen molar-refractivity contribution < 1.29 is 47.5 Å². The van der Waals surface area contributed by atoms with Gasteiger partial charge in [-0.05, 0) is 72.0 Å². The van der Waals surface area contributed by atoms with E-state index < -0.39 is 35.6 Å². The number of rotatable bonds is 14. The lowest BCUT2D eigenvalue weighted by molar-refractivity contribution is -0.143. The Bertz CT molecular complexity index is 1290. The number of hydrogen-bond acceptors (Lipinski definition) is 10. The number of halogens is 2. The SMILES string of the molecule is CC.CC(C)(C)NC(=O)NC(C(=O)N1CCCC1C=O)C(C)(C)C.CN(O)C=O.CNC(CC(C)C(F)F)C(=O)C=O.CNCC(=O)NC(C)c1ccccc1. The number of hydrogen-bond donors (Lipinski definition) is 6. The second-order valence-corrected chi connectivity index (χ2v) is 14.8. The molecule has 17 heteroatoms. The van der Waals surface area contributed by atoms with E-state index in [-0.39, 0.29) is 48.2 Å². The number of carbonyl (C=O) groups excluding carboxylic acids is 7. The number of amides is 5. The van der Waals surface area contributed by atoms with Gasteiger partial charge in [0, 0.05) is 25.0 Å². The highest BCUT2D eigenvalue weighted by molar-refractivity contribution is 6.27. The summed E-state index contributed by atoms with van der Waals surface area (Å²) in [5.41, 5.74) is 0.300. The summed E-state index contributed by atoms with van der Waals surface area (Å²) >= 11 is 0. The maximum atomic E-state index is 12.8. The smallest absolute Gasteiger partial charge is 0.315 e. The number of Topliss-reactive ketones (excluding diaryl/α,β-unsaturated/α-hetero) is 1. The van der Waals surface area contributed by atoms with Gasteiger partial charge in [-0.2, -0.15) is 0 Å². The number of urea groups is 1. The number of aldehydes is 2. The molecule has 6 N–H and O–H groups in total. The molecule has 56 heavy (non-hydrogen) atoms. The highest BCUT2D eigenvalue weighted by Gasteiger charge is 2.39. The van der Waals surface area contributed by atoms with Crippen LogP contribution >= 0.6 is 0 Å². The number of nitrogens with one attached hydrogen (secondary N) is 5. The highest BCUT2D eigenvalue weighted by atomic mass is 19.3. The van der Waals surface area contributed by atoms with Crippen molar-refractivity contribution in [1.29, 1.82) is 0 Å². The number of carbonyl (C=O) groups is 7. The number of nitrogens with zero attached hydrogens (tertiary/aromatic N) is 2. The van der Waals surface area contributed by atoms with Crippen LogP contribution in [0.15, 0.2) is 30.3 Å². The Labute approximate surface area is 332 Å². The minimum atomic E-state index is -2.46. The molecule has 5 unspecified atom stereocenters. The molecule has 5 amide bonds. The van der Waals surface area contributed by atoms with Crippen LogP contribution in [0.3, 0.4) is 0 Å². The fraction of sp³-hybridized carbons (Fsp3) is 0.667. The van der Waals surface area contributed by atoms with Gasteiger partial charge in [0.2, 0.25) is 30.4 Å². The van der Waals surface area contributed by atoms with E-state index in [1.807, 2.05) is 92.6 Å². The van der Waals surface area contributed by atoms with Crippen LogP contribution < -0.4 is 26.6 Å². The van der Waals surface area contributed by atoms with Crippen molar-refractivity contribution in [3.05, 3.63) is 35.9 Å². The van der Waals surface area contributed by atoms with Gasteiger partial charge in [-0.15, -0.1) is 0 Å². The average molecular weight is 802 g/mol. The second-order valence-electron chi connectivity index (χ2n) is 14.8. The molecular formula is C39H69F2N7O8. The van der Waals surface area contributed by atoms with Crippen LogP contribution in [0.2, 0.25) is 0 Å². The Morgan fingerprint density at radius 3 is 1.89 bits per heavy atom. The van der Waals surface area contributed by atoms with Crippen molar-refractivity contribution >= 4 is 42.6 Å². The zero-order chi connectivity index (χ0) is 44.2. The summed E-state index contributed by atoms with van der Waals surface area (Å²) in [6.45, 7) is 19.6. The number of likely N-dealkylation sites (N-methyl/N-ethyl adjacent to an activating group) is 2. The van der Waals surface area contributed by atoms with Gasteiger partial charge in [0.1, 0.15) is 12.3 Å². The highest BCUT2D eigenvalue weighted by Crippen LogP contribution is 2.25. The zero-order valence-electron chi connectivity index (χ0n) is 35.6. The third-order valence-electron chi connectivity index (χ3n) is 7.63. The molecule has 1 aliphatic heterocycles. The maximum Gasteiger partial charge on any atom is 0.315 e. The molecule has 5 atom stereocenters. The molecule has 15 nitrogen and oxygen atoms in total. The van der Waals surface area contributed by atoms with E-state index in [9.17, 15) is 42.3 Å². The molecule has 1 aliphatic rings. The van der Waals surface area contributed by atoms with Gasteiger partial charge < -0.3 is 36.3 Å². The number of ketones is 1. The molecular weight excluding hydrogens is 732 g/mol. The molecule has 2 rings (SSSR count). The van der Waals surface area contributed by atoms with Crippen molar-refractivity contribution in [2.45, 2.75) is 125 Å². The number of likely N-dealkylation sites (tertiary alicyclic amines) is 1. The minimum Gasteiger partial charge on any atom is -0.348 e. The summed E-state index contributed by atoms with van der Waals surface area (Å²) in [6.07, 6.45) is 0.307. The molecule has 0 aliphatic carbocycles. The van der Waals surface area contributed by atoms with Crippen LogP contribution in [-0.2, 0) is 28.8 Å². The summed E-state index contributed by atoms with van der Waals surface area (Å²) in [7, 11) is 4.46. The van der Waals surface area contributed by atoms with Crippen molar-refractivity contribution in [3.8, 4) is 0 Å².